The van der Waals surface area contributed by atoms with Crippen LogP contribution < -0.4 is 4.74 Å². The minimum absolute atomic E-state index is 0.00805. The number of nitro benzene ring substituents is 1. The zero-order valence-electron chi connectivity index (χ0n) is 16.3. The van der Waals surface area contributed by atoms with Gasteiger partial charge >= 0.3 is 5.97 Å². The molecule has 0 unspecified atom stereocenters. The molecule has 9 heteroatoms. The summed E-state index contributed by atoms with van der Waals surface area (Å²) in [6.45, 7) is 0.124. The number of cyclic esters (lactones) is 1. The van der Waals surface area contributed by atoms with Gasteiger partial charge in [0.25, 0.3) is 5.69 Å². The van der Waals surface area contributed by atoms with E-state index in [-0.39, 0.29) is 23.9 Å². The van der Waals surface area contributed by atoms with Gasteiger partial charge in [0.15, 0.2) is 5.70 Å². The van der Waals surface area contributed by atoms with E-state index in [1.54, 1.807) is 54.6 Å². The molecule has 3 aromatic carbocycles. The van der Waals surface area contributed by atoms with E-state index < -0.39 is 10.9 Å². The van der Waals surface area contributed by atoms with E-state index in [1.807, 2.05) is 6.07 Å². The number of ether oxygens (including phenoxy) is 2. The van der Waals surface area contributed by atoms with E-state index in [0.29, 0.717) is 27.5 Å². The lowest BCUT2D eigenvalue weighted by Crippen LogP contribution is -2.06. The van der Waals surface area contributed by atoms with Gasteiger partial charge in [-0.25, -0.2) is 9.79 Å². The van der Waals surface area contributed by atoms with Crippen molar-refractivity contribution in [1.82, 2.24) is 0 Å². The quantitative estimate of drug-likeness (QED) is 0.125. The number of nitrogens with zero attached hydrogens (tertiary/aromatic N) is 2. The van der Waals surface area contributed by atoms with Gasteiger partial charge < -0.3 is 9.47 Å². The van der Waals surface area contributed by atoms with Crippen molar-refractivity contribution in [2.75, 3.05) is 0 Å². The molecule has 0 aliphatic carbocycles. The van der Waals surface area contributed by atoms with Crippen molar-refractivity contribution < 1.29 is 19.2 Å². The maximum Gasteiger partial charge on any atom is 0.363 e. The van der Waals surface area contributed by atoms with Crippen molar-refractivity contribution >= 4 is 57.8 Å². The first-order valence-corrected chi connectivity index (χ1v) is 10.8. The van der Waals surface area contributed by atoms with Crippen LogP contribution in [0.2, 0.25) is 5.02 Å². The molecule has 32 heavy (non-hydrogen) atoms. The smallest absolute Gasteiger partial charge is 0.363 e. The minimum Gasteiger partial charge on any atom is -0.488 e. The van der Waals surface area contributed by atoms with Crippen molar-refractivity contribution in [2.45, 2.75) is 6.61 Å². The third kappa shape index (κ3) is 4.97. The van der Waals surface area contributed by atoms with Gasteiger partial charge in [0.1, 0.15) is 12.4 Å². The van der Waals surface area contributed by atoms with Crippen molar-refractivity contribution in [1.29, 1.82) is 0 Å². The number of non-ortho nitro benzene ring substituents is 1. The Kier molecular flexibility index (Phi) is 6.52. The van der Waals surface area contributed by atoms with Gasteiger partial charge in [-0.3, -0.25) is 10.1 Å². The number of hydrogen-bond acceptors (Lipinski definition) is 6. The van der Waals surface area contributed by atoms with Gasteiger partial charge in [-0.15, -0.1) is 0 Å². The van der Waals surface area contributed by atoms with Crippen LogP contribution in [0, 0.1) is 13.7 Å². The highest BCUT2D eigenvalue weighted by Gasteiger charge is 2.26. The largest absolute Gasteiger partial charge is 0.488 e. The SMILES string of the molecule is O=C1OC(c2cc(I)ccc2Cl)=N/C1=C\c1ccccc1OCc1cccc([N+](=O)[O-])c1. The standard InChI is InChI=1S/C23H14ClIN2O5/c24-19-9-8-16(25)12-18(19)22-26-20(23(28)32-22)11-15-5-1-2-7-21(15)31-13-14-4-3-6-17(10-14)27(29)30/h1-12H,13H2/b20-11-. The Labute approximate surface area is 201 Å². The number of carbonyl (C=O) groups excluding carboxylic acids is 1. The van der Waals surface area contributed by atoms with Crippen molar-refractivity contribution in [3.05, 3.63) is 108 Å². The maximum atomic E-state index is 12.4. The molecule has 4 rings (SSSR count). The fraction of sp³-hybridized carbons (Fsp3) is 0.0435. The second kappa shape index (κ2) is 9.49. The molecule has 0 N–H and O–H groups in total. The molecule has 3 aromatic rings. The molecule has 1 heterocycles. The Balaban J connectivity index is 1.59. The molecule has 1 aliphatic heterocycles. The first-order chi connectivity index (χ1) is 15.4. The fourth-order valence-electron chi connectivity index (χ4n) is 2.99. The molecule has 0 saturated carbocycles. The number of esters is 1. The van der Waals surface area contributed by atoms with Crippen LogP contribution in [0.5, 0.6) is 5.75 Å². The van der Waals surface area contributed by atoms with E-state index in [0.717, 1.165) is 3.57 Å². The van der Waals surface area contributed by atoms with Gasteiger partial charge in [0.05, 0.1) is 15.5 Å². The molecule has 0 spiro atoms. The van der Waals surface area contributed by atoms with E-state index in [1.165, 1.54) is 12.1 Å². The van der Waals surface area contributed by atoms with Crippen LogP contribution in [0.4, 0.5) is 5.69 Å². The molecule has 0 fully saturated rings. The van der Waals surface area contributed by atoms with Crippen molar-refractivity contribution in [3.63, 3.8) is 0 Å². The molecule has 0 radical (unpaired) electrons. The number of carbonyl (C=O) groups is 1. The highest BCUT2D eigenvalue weighted by atomic mass is 127. The lowest BCUT2D eigenvalue weighted by molar-refractivity contribution is -0.384. The van der Waals surface area contributed by atoms with E-state index in [4.69, 9.17) is 21.1 Å². The predicted molar refractivity (Wildman–Crippen MR) is 129 cm³/mol. The number of aliphatic imine (C=N–C) groups is 1. The number of rotatable bonds is 6. The molecule has 0 amide bonds. The predicted octanol–water partition coefficient (Wildman–Crippen LogP) is 5.78. The first-order valence-electron chi connectivity index (χ1n) is 9.34. The molecule has 160 valence electrons. The average Bonchev–Trinajstić information content (AvgIpc) is 3.15. The second-order valence-electron chi connectivity index (χ2n) is 6.71. The molecule has 0 aromatic heterocycles. The Morgan fingerprint density at radius 1 is 1.12 bits per heavy atom. The fourth-order valence-corrected chi connectivity index (χ4v) is 3.67. The highest BCUT2D eigenvalue weighted by molar-refractivity contribution is 14.1. The summed E-state index contributed by atoms with van der Waals surface area (Å²) < 4.78 is 12.1. The van der Waals surface area contributed by atoms with E-state index in [2.05, 4.69) is 27.6 Å². The summed E-state index contributed by atoms with van der Waals surface area (Å²) in [4.78, 5) is 27.2. The van der Waals surface area contributed by atoms with E-state index >= 15 is 0 Å². The molecule has 7 nitrogen and oxygen atoms in total. The zero-order chi connectivity index (χ0) is 22.7. The zero-order valence-corrected chi connectivity index (χ0v) is 19.2. The maximum absolute atomic E-state index is 12.4. The third-order valence-electron chi connectivity index (χ3n) is 4.51. The first kappa shape index (κ1) is 22.0. The van der Waals surface area contributed by atoms with Gasteiger partial charge in [0, 0.05) is 21.3 Å². The molecule has 0 saturated heterocycles. The molecule has 1 aliphatic rings. The molecule has 0 bridgehead atoms. The average molecular weight is 561 g/mol. The third-order valence-corrected chi connectivity index (χ3v) is 5.51. The Morgan fingerprint density at radius 3 is 2.75 bits per heavy atom. The van der Waals surface area contributed by atoms with Crippen molar-refractivity contribution in [3.8, 4) is 5.75 Å². The topological polar surface area (TPSA) is 91.0 Å². The van der Waals surface area contributed by atoms with Crippen LogP contribution in [0.3, 0.4) is 0 Å². The summed E-state index contributed by atoms with van der Waals surface area (Å²) in [6, 6.07) is 18.7. The summed E-state index contributed by atoms with van der Waals surface area (Å²) in [5.74, 6) is 0.0402. The Hall–Kier alpha value is -3.24. The lowest BCUT2D eigenvalue weighted by Gasteiger charge is -2.09. The Morgan fingerprint density at radius 2 is 1.94 bits per heavy atom. The molecular weight excluding hydrogens is 547 g/mol. The highest BCUT2D eigenvalue weighted by Crippen LogP contribution is 2.28. The number of nitro groups is 1. The van der Waals surface area contributed by atoms with Gasteiger partial charge in [-0.05, 0) is 58.5 Å². The Bertz CT molecular complexity index is 1290. The summed E-state index contributed by atoms with van der Waals surface area (Å²) in [7, 11) is 0. The number of halogens is 2. The van der Waals surface area contributed by atoms with Crippen LogP contribution in [0.15, 0.2) is 77.4 Å². The van der Waals surface area contributed by atoms with Crippen LogP contribution in [-0.4, -0.2) is 16.8 Å². The van der Waals surface area contributed by atoms with Gasteiger partial charge in [-0.2, -0.15) is 0 Å². The molecular formula is C23H14ClIN2O5. The van der Waals surface area contributed by atoms with Gasteiger partial charge in [0.2, 0.25) is 5.90 Å². The summed E-state index contributed by atoms with van der Waals surface area (Å²) in [6.07, 6.45) is 1.57. The normalized spacial score (nSPS) is 14.2. The summed E-state index contributed by atoms with van der Waals surface area (Å²) in [5.41, 5.74) is 1.90. The summed E-state index contributed by atoms with van der Waals surface area (Å²) >= 11 is 8.37. The van der Waals surface area contributed by atoms with Crippen LogP contribution in [0.1, 0.15) is 16.7 Å². The summed E-state index contributed by atoms with van der Waals surface area (Å²) in [5, 5.41) is 11.4. The molecule has 0 atom stereocenters. The van der Waals surface area contributed by atoms with Gasteiger partial charge in [-0.1, -0.05) is 41.9 Å². The minimum atomic E-state index is -0.594. The monoisotopic (exact) mass is 560 g/mol. The van der Waals surface area contributed by atoms with Crippen molar-refractivity contribution in [2.24, 2.45) is 4.99 Å². The number of para-hydroxylation sites is 1. The van der Waals surface area contributed by atoms with Crippen LogP contribution >= 0.6 is 34.2 Å². The number of benzene rings is 3. The van der Waals surface area contributed by atoms with Crippen LogP contribution in [0.25, 0.3) is 6.08 Å². The lowest BCUT2D eigenvalue weighted by atomic mass is 10.1. The second-order valence-corrected chi connectivity index (χ2v) is 8.37. The van der Waals surface area contributed by atoms with Crippen LogP contribution in [-0.2, 0) is 16.1 Å². The number of hydrogen-bond donors (Lipinski definition) is 0. The van der Waals surface area contributed by atoms with E-state index in [9.17, 15) is 14.9 Å².